The van der Waals surface area contributed by atoms with E-state index in [0.29, 0.717) is 0 Å². The third kappa shape index (κ3) is 0.920. The van der Waals surface area contributed by atoms with E-state index in [4.69, 9.17) is 16.2 Å². The van der Waals surface area contributed by atoms with Gasteiger partial charge in [0.2, 0.25) is 0 Å². The number of rotatable bonds is 2. The molecule has 0 fully saturated rings. The molecule has 0 saturated carbocycles. The third-order valence-electron chi connectivity index (χ3n) is 1.63. The second kappa shape index (κ2) is 2.23. The Kier molecular flexibility index (Phi) is 1.53. The van der Waals surface area contributed by atoms with Crippen molar-refractivity contribution in [3.05, 3.63) is 24.3 Å². The second-order valence-corrected chi connectivity index (χ2v) is 2.31. The highest BCUT2D eigenvalue weighted by Gasteiger charge is 2.38. The van der Waals surface area contributed by atoms with Crippen LogP contribution in [0.25, 0.3) is 0 Å². The molecule has 58 valence electrons. The van der Waals surface area contributed by atoms with Gasteiger partial charge in [0.05, 0.1) is 0 Å². The van der Waals surface area contributed by atoms with Crippen LogP contribution in [-0.4, -0.2) is 16.9 Å². The summed E-state index contributed by atoms with van der Waals surface area (Å²) in [7, 11) is 0. The molecule has 0 spiro atoms. The van der Waals surface area contributed by atoms with Crippen molar-refractivity contribution in [3.8, 4) is 0 Å². The molecule has 1 aliphatic rings. The molecule has 0 aliphatic heterocycles. The van der Waals surface area contributed by atoms with Crippen LogP contribution in [0.15, 0.2) is 24.3 Å². The molecule has 0 aromatic rings. The first-order valence-corrected chi connectivity index (χ1v) is 3.04. The molecule has 0 bridgehead atoms. The van der Waals surface area contributed by atoms with Gasteiger partial charge in [-0.2, -0.15) is 0 Å². The van der Waals surface area contributed by atoms with Crippen molar-refractivity contribution in [1.29, 1.82) is 5.41 Å². The van der Waals surface area contributed by atoms with Crippen LogP contribution in [0.3, 0.4) is 0 Å². The fourth-order valence-corrected chi connectivity index (χ4v) is 0.908. The van der Waals surface area contributed by atoms with Crippen molar-refractivity contribution in [2.75, 3.05) is 0 Å². The smallest absolute Gasteiger partial charge is 0.325 e. The van der Waals surface area contributed by atoms with Gasteiger partial charge < -0.3 is 10.8 Å². The normalized spacial score (nSPS) is 18.5. The lowest BCUT2D eigenvalue weighted by atomic mass is 9.89. The van der Waals surface area contributed by atoms with E-state index in [-0.39, 0.29) is 5.84 Å². The molecule has 1 rings (SSSR count). The molecule has 4 heteroatoms. The maximum Gasteiger partial charge on any atom is 0.325 e. The molecule has 0 radical (unpaired) electrons. The van der Waals surface area contributed by atoms with Crippen molar-refractivity contribution < 1.29 is 9.90 Å². The summed E-state index contributed by atoms with van der Waals surface area (Å²) in [5.41, 5.74) is 3.74. The third-order valence-corrected chi connectivity index (χ3v) is 1.63. The van der Waals surface area contributed by atoms with Gasteiger partial charge in [-0.25, -0.2) is 0 Å². The Bertz CT molecular complexity index is 238. The zero-order valence-electron chi connectivity index (χ0n) is 5.74. The number of allylic oxidation sites excluding steroid dienone is 2. The minimum atomic E-state index is -1.39. The molecule has 0 saturated heterocycles. The fraction of sp³-hybridized carbons (Fsp3) is 0.143. The summed E-state index contributed by atoms with van der Waals surface area (Å²) in [5, 5.41) is 15.8. The zero-order chi connectivity index (χ0) is 8.48. The highest BCUT2D eigenvalue weighted by molar-refractivity contribution is 6.07. The molecule has 0 aromatic heterocycles. The Labute approximate surface area is 63.5 Å². The van der Waals surface area contributed by atoms with E-state index in [1.807, 2.05) is 0 Å². The maximum atomic E-state index is 10.6. The Hall–Kier alpha value is -1.58. The largest absolute Gasteiger partial charge is 0.480 e. The van der Waals surface area contributed by atoms with Crippen LogP contribution in [0.4, 0.5) is 0 Å². The second-order valence-electron chi connectivity index (χ2n) is 2.31. The molecule has 0 unspecified atom stereocenters. The van der Waals surface area contributed by atoms with E-state index in [9.17, 15) is 4.79 Å². The number of nitrogens with two attached hydrogens (primary N) is 1. The molecule has 0 aromatic carbocycles. The van der Waals surface area contributed by atoms with Gasteiger partial charge in [-0.1, -0.05) is 24.3 Å². The molecular weight excluding hydrogens is 144 g/mol. The number of carboxylic acids is 1. The number of carboxylic acid groups (broad SMARTS) is 1. The van der Waals surface area contributed by atoms with Crippen molar-refractivity contribution >= 4 is 11.8 Å². The summed E-state index contributed by atoms with van der Waals surface area (Å²) in [6.07, 6.45) is 5.90. The van der Waals surface area contributed by atoms with E-state index < -0.39 is 11.4 Å². The number of hydrogen-bond donors (Lipinski definition) is 3. The minimum absolute atomic E-state index is 0.366. The van der Waals surface area contributed by atoms with Crippen LogP contribution in [0.5, 0.6) is 0 Å². The lowest BCUT2D eigenvalue weighted by molar-refractivity contribution is -0.140. The van der Waals surface area contributed by atoms with Gasteiger partial charge in [0.15, 0.2) is 5.41 Å². The first-order chi connectivity index (χ1) is 5.09. The Morgan fingerprint density at radius 3 is 2.09 bits per heavy atom. The number of aliphatic carboxylic acids is 1. The summed E-state index contributed by atoms with van der Waals surface area (Å²) >= 11 is 0. The average molecular weight is 152 g/mol. The van der Waals surface area contributed by atoms with Crippen molar-refractivity contribution in [1.82, 2.24) is 0 Å². The number of carbonyl (C=O) groups is 1. The van der Waals surface area contributed by atoms with Crippen molar-refractivity contribution in [2.24, 2.45) is 11.1 Å². The van der Waals surface area contributed by atoms with E-state index in [1.165, 1.54) is 12.2 Å². The Morgan fingerprint density at radius 2 is 1.91 bits per heavy atom. The first kappa shape index (κ1) is 7.53. The Morgan fingerprint density at radius 1 is 1.45 bits per heavy atom. The quantitative estimate of drug-likeness (QED) is 0.388. The topological polar surface area (TPSA) is 87.2 Å². The van der Waals surface area contributed by atoms with Gasteiger partial charge in [0.25, 0.3) is 0 Å². The van der Waals surface area contributed by atoms with Crippen LogP contribution >= 0.6 is 0 Å². The number of amidine groups is 1. The molecule has 0 atom stereocenters. The molecule has 4 nitrogen and oxygen atoms in total. The van der Waals surface area contributed by atoms with Gasteiger partial charge in [0, 0.05) is 0 Å². The number of nitrogens with one attached hydrogen (secondary N) is 1. The van der Waals surface area contributed by atoms with Crippen LogP contribution in [0.1, 0.15) is 0 Å². The number of hydrogen-bond acceptors (Lipinski definition) is 2. The van der Waals surface area contributed by atoms with E-state index >= 15 is 0 Å². The van der Waals surface area contributed by atoms with Gasteiger partial charge in [-0.15, -0.1) is 0 Å². The zero-order valence-corrected chi connectivity index (χ0v) is 5.74. The van der Waals surface area contributed by atoms with Crippen LogP contribution in [0.2, 0.25) is 0 Å². The van der Waals surface area contributed by atoms with E-state index in [0.717, 1.165) is 0 Å². The molecule has 0 heterocycles. The van der Waals surface area contributed by atoms with Gasteiger partial charge in [-0.3, -0.25) is 10.2 Å². The maximum absolute atomic E-state index is 10.6. The molecule has 0 amide bonds. The van der Waals surface area contributed by atoms with Gasteiger partial charge in [-0.05, 0) is 0 Å². The van der Waals surface area contributed by atoms with Crippen LogP contribution in [0, 0.1) is 10.8 Å². The standard InChI is InChI=1S/C7H8N2O2/c8-5(9)7(6(10)11)3-1-2-4-7/h1-4H,(H3,8,9)(H,10,11). The summed E-state index contributed by atoms with van der Waals surface area (Å²) < 4.78 is 0. The SMILES string of the molecule is N=C(N)C1(C(=O)O)C=CC=C1. The van der Waals surface area contributed by atoms with Gasteiger partial charge >= 0.3 is 5.97 Å². The summed E-state index contributed by atoms with van der Waals surface area (Å²) in [6, 6.07) is 0. The van der Waals surface area contributed by atoms with Gasteiger partial charge in [0.1, 0.15) is 5.84 Å². The minimum Gasteiger partial charge on any atom is -0.480 e. The molecule has 4 N–H and O–H groups in total. The Balaban J connectivity index is 3.09. The summed E-state index contributed by atoms with van der Waals surface area (Å²) in [6.45, 7) is 0. The average Bonchev–Trinajstić information content (AvgIpc) is 2.34. The molecule has 11 heavy (non-hydrogen) atoms. The van der Waals surface area contributed by atoms with E-state index in [1.54, 1.807) is 12.2 Å². The summed E-state index contributed by atoms with van der Waals surface area (Å²) in [4.78, 5) is 10.6. The van der Waals surface area contributed by atoms with Crippen molar-refractivity contribution in [2.45, 2.75) is 0 Å². The predicted octanol–water partition coefficient (Wildman–Crippen LogP) is 0.119. The molecular formula is C7H8N2O2. The predicted molar refractivity (Wildman–Crippen MR) is 40.3 cm³/mol. The van der Waals surface area contributed by atoms with Crippen LogP contribution in [-0.2, 0) is 4.79 Å². The lowest BCUT2D eigenvalue weighted by Gasteiger charge is -2.16. The molecule has 1 aliphatic carbocycles. The first-order valence-electron chi connectivity index (χ1n) is 3.04. The van der Waals surface area contributed by atoms with Crippen molar-refractivity contribution in [3.63, 3.8) is 0 Å². The summed E-state index contributed by atoms with van der Waals surface area (Å²) in [5.74, 6) is -1.48. The lowest BCUT2D eigenvalue weighted by Crippen LogP contribution is -2.39. The monoisotopic (exact) mass is 152 g/mol. The van der Waals surface area contributed by atoms with Crippen LogP contribution < -0.4 is 5.73 Å². The fourth-order valence-electron chi connectivity index (χ4n) is 0.908. The van der Waals surface area contributed by atoms with E-state index in [2.05, 4.69) is 0 Å². The highest BCUT2D eigenvalue weighted by atomic mass is 16.4. The highest BCUT2D eigenvalue weighted by Crippen LogP contribution is 2.25.